The fourth-order valence-electron chi connectivity index (χ4n) is 3.06. The second-order valence-corrected chi connectivity index (χ2v) is 6.73. The highest BCUT2D eigenvalue weighted by atomic mass is 16.5. The molecule has 0 bridgehead atoms. The number of carbonyl (C=O) groups is 4. The minimum absolute atomic E-state index is 0.0432. The topological polar surface area (TPSA) is 128 Å². The van der Waals surface area contributed by atoms with Gasteiger partial charge in [-0.25, -0.2) is 0 Å². The highest BCUT2D eigenvalue weighted by molar-refractivity contribution is 6.21. The van der Waals surface area contributed by atoms with Gasteiger partial charge in [0.2, 0.25) is 5.91 Å². The second kappa shape index (κ2) is 8.64. The molecule has 0 aliphatic carbocycles. The Balaban J connectivity index is 1.62. The smallest absolute Gasteiger partial charge is 0.261 e. The molecule has 0 fully saturated rings. The van der Waals surface area contributed by atoms with Gasteiger partial charge in [-0.3, -0.25) is 24.1 Å². The van der Waals surface area contributed by atoms with Crippen LogP contribution in [-0.4, -0.2) is 48.8 Å². The van der Waals surface area contributed by atoms with Crippen LogP contribution in [-0.2, 0) is 9.59 Å². The van der Waals surface area contributed by atoms with Gasteiger partial charge in [-0.2, -0.15) is 0 Å². The van der Waals surface area contributed by atoms with E-state index in [0.29, 0.717) is 22.6 Å². The summed E-state index contributed by atoms with van der Waals surface area (Å²) >= 11 is 0. The van der Waals surface area contributed by atoms with Crippen molar-refractivity contribution in [3.8, 4) is 11.5 Å². The summed E-state index contributed by atoms with van der Waals surface area (Å²) in [4.78, 5) is 49.2. The molecule has 1 heterocycles. The monoisotopic (exact) mass is 411 g/mol. The third kappa shape index (κ3) is 4.40. The molecular weight excluding hydrogens is 390 g/mol. The average molecular weight is 411 g/mol. The summed E-state index contributed by atoms with van der Waals surface area (Å²) in [6.45, 7) is 1.45. The molecule has 0 aromatic heterocycles. The lowest BCUT2D eigenvalue weighted by Gasteiger charge is -2.14. The largest absolute Gasteiger partial charge is 0.493 e. The van der Waals surface area contributed by atoms with Crippen LogP contribution in [0.5, 0.6) is 11.5 Å². The van der Waals surface area contributed by atoms with Gasteiger partial charge in [0, 0.05) is 24.7 Å². The first-order valence-corrected chi connectivity index (χ1v) is 9.16. The van der Waals surface area contributed by atoms with E-state index in [1.54, 1.807) is 30.3 Å². The van der Waals surface area contributed by atoms with E-state index >= 15 is 0 Å². The van der Waals surface area contributed by atoms with E-state index in [-0.39, 0.29) is 25.3 Å². The Kier molecular flexibility index (Phi) is 6.01. The van der Waals surface area contributed by atoms with Crippen LogP contribution in [0.2, 0.25) is 0 Å². The van der Waals surface area contributed by atoms with E-state index in [4.69, 9.17) is 15.2 Å². The van der Waals surface area contributed by atoms with Gasteiger partial charge >= 0.3 is 0 Å². The number of ether oxygens (including phenoxy) is 2. The molecule has 0 unspecified atom stereocenters. The van der Waals surface area contributed by atoms with Crippen molar-refractivity contribution in [3.05, 3.63) is 53.1 Å². The zero-order chi connectivity index (χ0) is 21.8. The van der Waals surface area contributed by atoms with Gasteiger partial charge in [0.25, 0.3) is 17.7 Å². The summed E-state index contributed by atoms with van der Waals surface area (Å²) in [6.07, 6.45) is -0.0754. The number of fused-ring (bicyclic) bond motifs is 1. The number of aryl methyl sites for hydroxylation is 1. The number of carbonyl (C=O) groups excluding carboxylic acids is 4. The highest BCUT2D eigenvalue weighted by Crippen LogP contribution is 2.30. The van der Waals surface area contributed by atoms with Gasteiger partial charge in [0.1, 0.15) is 0 Å². The summed E-state index contributed by atoms with van der Waals surface area (Å²) in [6, 6.07) is 9.71. The van der Waals surface area contributed by atoms with Crippen LogP contribution >= 0.6 is 0 Å². The van der Waals surface area contributed by atoms with Crippen LogP contribution in [0.4, 0.5) is 5.69 Å². The van der Waals surface area contributed by atoms with Gasteiger partial charge in [-0.15, -0.1) is 0 Å². The summed E-state index contributed by atoms with van der Waals surface area (Å²) < 4.78 is 10.4. The van der Waals surface area contributed by atoms with Crippen molar-refractivity contribution in [2.24, 2.45) is 5.73 Å². The van der Waals surface area contributed by atoms with E-state index in [1.807, 2.05) is 6.92 Å². The van der Waals surface area contributed by atoms with Crippen LogP contribution in [0.3, 0.4) is 0 Å². The normalized spacial score (nSPS) is 12.5. The van der Waals surface area contributed by atoms with Gasteiger partial charge in [-0.05, 0) is 31.2 Å². The number of imide groups is 1. The molecule has 3 N–H and O–H groups in total. The number of nitrogens with zero attached hydrogens (tertiary/aromatic N) is 1. The Morgan fingerprint density at radius 2 is 1.77 bits per heavy atom. The molecule has 9 heteroatoms. The summed E-state index contributed by atoms with van der Waals surface area (Å²) in [5.41, 5.74) is 7.06. The molecule has 0 spiro atoms. The molecule has 0 atom stereocenters. The molecule has 156 valence electrons. The lowest BCUT2D eigenvalue weighted by Crippen LogP contribution is -2.32. The summed E-state index contributed by atoms with van der Waals surface area (Å²) in [5.74, 6) is -1.25. The molecule has 1 aliphatic rings. The third-order valence-corrected chi connectivity index (χ3v) is 4.51. The number of rotatable bonds is 8. The zero-order valence-electron chi connectivity index (χ0n) is 16.6. The van der Waals surface area contributed by atoms with Gasteiger partial charge in [0.15, 0.2) is 18.1 Å². The molecule has 30 heavy (non-hydrogen) atoms. The highest BCUT2D eigenvalue weighted by Gasteiger charge is 2.35. The second-order valence-electron chi connectivity index (χ2n) is 6.73. The predicted octanol–water partition coefficient (Wildman–Crippen LogP) is 1.49. The SMILES string of the molecule is COc1ccc(NC(=O)CCN2C(=O)c3ccc(C)cc3C2=O)cc1OCC(N)=O. The van der Waals surface area contributed by atoms with E-state index in [0.717, 1.165) is 10.5 Å². The number of hydrogen-bond acceptors (Lipinski definition) is 6. The van der Waals surface area contributed by atoms with Crippen LogP contribution in [0.15, 0.2) is 36.4 Å². The summed E-state index contributed by atoms with van der Waals surface area (Å²) in [5, 5.41) is 2.67. The van der Waals surface area contributed by atoms with Crippen LogP contribution in [0, 0.1) is 6.92 Å². The molecular formula is C21H21N3O6. The van der Waals surface area contributed by atoms with Crippen molar-refractivity contribution in [1.82, 2.24) is 4.90 Å². The fourth-order valence-corrected chi connectivity index (χ4v) is 3.06. The van der Waals surface area contributed by atoms with Crippen molar-refractivity contribution in [1.29, 1.82) is 0 Å². The van der Waals surface area contributed by atoms with Crippen LogP contribution in [0.25, 0.3) is 0 Å². The number of amides is 4. The Morgan fingerprint density at radius 1 is 1.03 bits per heavy atom. The van der Waals surface area contributed by atoms with Crippen molar-refractivity contribution >= 4 is 29.3 Å². The van der Waals surface area contributed by atoms with Gasteiger partial charge in [-0.1, -0.05) is 11.6 Å². The molecule has 4 amide bonds. The van der Waals surface area contributed by atoms with Gasteiger partial charge in [0.05, 0.1) is 18.2 Å². The van der Waals surface area contributed by atoms with Crippen molar-refractivity contribution in [3.63, 3.8) is 0 Å². The molecule has 1 aliphatic heterocycles. The predicted molar refractivity (Wildman–Crippen MR) is 107 cm³/mol. The maximum Gasteiger partial charge on any atom is 0.261 e. The minimum Gasteiger partial charge on any atom is -0.493 e. The number of benzene rings is 2. The van der Waals surface area contributed by atoms with Crippen molar-refractivity contribution in [2.45, 2.75) is 13.3 Å². The molecule has 3 rings (SSSR count). The first-order valence-electron chi connectivity index (χ1n) is 9.16. The molecule has 0 saturated carbocycles. The first-order chi connectivity index (χ1) is 14.3. The lowest BCUT2D eigenvalue weighted by molar-refractivity contribution is -0.120. The van der Waals surface area contributed by atoms with Crippen molar-refractivity contribution in [2.75, 3.05) is 25.6 Å². The number of primary amides is 1. The molecule has 9 nitrogen and oxygen atoms in total. The third-order valence-electron chi connectivity index (χ3n) is 4.51. The fraction of sp³-hybridized carbons (Fsp3) is 0.238. The molecule has 0 saturated heterocycles. The Bertz CT molecular complexity index is 1030. The van der Waals surface area contributed by atoms with Crippen LogP contribution in [0.1, 0.15) is 32.7 Å². The number of hydrogen-bond donors (Lipinski definition) is 2. The van der Waals surface area contributed by atoms with E-state index in [1.165, 1.54) is 13.2 Å². The number of nitrogens with two attached hydrogens (primary N) is 1. The molecule has 2 aromatic carbocycles. The standard InChI is InChI=1S/C21H21N3O6/c1-12-3-5-14-15(9-12)21(28)24(20(14)27)8-7-19(26)23-13-4-6-16(29-2)17(10-13)30-11-18(22)25/h3-6,9-10H,7-8,11H2,1-2H3,(H2,22,25)(H,23,26). The van der Waals surface area contributed by atoms with E-state index < -0.39 is 23.6 Å². The summed E-state index contributed by atoms with van der Waals surface area (Å²) in [7, 11) is 1.44. The zero-order valence-corrected chi connectivity index (χ0v) is 16.6. The maximum absolute atomic E-state index is 12.5. The number of methoxy groups -OCH3 is 1. The van der Waals surface area contributed by atoms with Crippen LogP contribution < -0.4 is 20.5 Å². The lowest BCUT2D eigenvalue weighted by atomic mass is 10.1. The Hall–Kier alpha value is -3.88. The average Bonchev–Trinajstić information content (AvgIpc) is 2.94. The van der Waals surface area contributed by atoms with E-state index in [9.17, 15) is 19.2 Å². The molecule has 2 aromatic rings. The quantitative estimate of drug-likeness (QED) is 0.634. The van der Waals surface area contributed by atoms with Crippen molar-refractivity contribution < 1.29 is 28.7 Å². The minimum atomic E-state index is -0.650. The molecule has 0 radical (unpaired) electrons. The maximum atomic E-state index is 12.5. The first kappa shape index (κ1) is 20.8. The number of nitrogens with one attached hydrogen (secondary N) is 1. The van der Waals surface area contributed by atoms with E-state index in [2.05, 4.69) is 5.32 Å². The Morgan fingerprint density at radius 3 is 2.47 bits per heavy atom. The Labute approximate surface area is 172 Å². The van der Waals surface area contributed by atoms with Gasteiger partial charge < -0.3 is 20.5 Å². The number of anilines is 1.